The number of nitro groups is 1. The summed E-state index contributed by atoms with van der Waals surface area (Å²) in [6.07, 6.45) is 0.780. The molecule has 0 radical (unpaired) electrons. The Balaban J connectivity index is 1.99. The number of benzene rings is 1. The predicted octanol–water partition coefficient (Wildman–Crippen LogP) is 2.33. The molecule has 0 saturated carbocycles. The van der Waals surface area contributed by atoms with Crippen molar-refractivity contribution in [1.29, 1.82) is 0 Å². The molecule has 8 heteroatoms. The molecule has 0 aliphatic carbocycles. The number of hydrazine groups is 1. The molecule has 0 N–H and O–H groups in total. The lowest BCUT2D eigenvalue weighted by molar-refractivity contribution is -0.385. The zero-order valence-corrected chi connectivity index (χ0v) is 14.1. The molecule has 1 atom stereocenters. The van der Waals surface area contributed by atoms with Crippen LogP contribution in [-0.4, -0.2) is 40.0 Å². The second-order valence-corrected chi connectivity index (χ2v) is 5.98. The van der Waals surface area contributed by atoms with Gasteiger partial charge in [-0.15, -0.1) is 0 Å². The maximum Gasteiger partial charge on any atom is 0.335 e. The Hall–Kier alpha value is -2.74. The van der Waals surface area contributed by atoms with E-state index in [4.69, 9.17) is 4.74 Å². The average molecular weight is 345 g/mol. The van der Waals surface area contributed by atoms with Gasteiger partial charge in [0.1, 0.15) is 0 Å². The van der Waals surface area contributed by atoms with E-state index in [1.807, 2.05) is 5.01 Å². The van der Waals surface area contributed by atoms with Crippen molar-refractivity contribution in [3.05, 3.63) is 51.2 Å². The molecule has 1 aromatic rings. The van der Waals surface area contributed by atoms with Crippen molar-refractivity contribution in [2.24, 2.45) is 0 Å². The lowest BCUT2D eigenvalue weighted by Gasteiger charge is -2.25. The number of rotatable bonds is 4. The summed E-state index contributed by atoms with van der Waals surface area (Å²) in [6.45, 7) is 4.15. The van der Waals surface area contributed by atoms with Crippen molar-refractivity contribution in [1.82, 2.24) is 10.0 Å². The molecule has 2 heterocycles. The van der Waals surface area contributed by atoms with Crippen LogP contribution in [-0.2, 0) is 14.3 Å². The minimum atomic E-state index is -0.447. The van der Waals surface area contributed by atoms with E-state index >= 15 is 0 Å². The summed E-state index contributed by atoms with van der Waals surface area (Å²) in [7, 11) is 0. The lowest BCUT2D eigenvalue weighted by Crippen LogP contribution is -2.33. The minimum absolute atomic E-state index is 0.00844. The van der Waals surface area contributed by atoms with Crippen LogP contribution in [0.15, 0.2) is 35.5 Å². The highest BCUT2D eigenvalue weighted by atomic mass is 16.6. The molecule has 8 nitrogen and oxygen atoms in total. The number of carbonyl (C=O) groups is 2. The van der Waals surface area contributed by atoms with Gasteiger partial charge in [0.15, 0.2) is 0 Å². The van der Waals surface area contributed by atoms with E-state index in [9.17, 15) is 19.7 Å². The Morgan fingerprint density at radius 2 is 2.20 bits per heavy atom. The Kier molecular flexibility index (Phi) is 4.54. The van der Waals surface area contributed by atoms with Crippen LogP contribution >= 0.6 is 0 Å². The van der Waals surface area contributed by atoms with Gasteiger partial charge in [-0.05, 0) is 19.4 Å². The minimum Gasteiger partial charge on any atom is -0.463 e. The van der Waals surface area contributed by atoms with E-state index in [-0.39, 0.29) is 24.2 Å². The number of non-ortho nitro benzene ring substituents is 1. The molecule has 0 aromatic heterocycles. The Morgan fingerprint density at radius 1 is 1.44 bits per heavy atom. The zero-order valence-electron chi connectivity index (χ0n) is 14.1. The van der Waals surface area contributed by atoms with E-state index in [0.717, 1.165) is 5.56 Å². The van der Waals surface area contributed by atoms with E-state index < -0.39 is 10.9 Å². The van der Waals surface area contributed by atoms with Crippen molar-refractivity contribution >= 4 is 17.6 Å². The second kappa shape index (κ2) is 6.64. The fourth-order valence-electron chi connectivity index (χ4n) is 3.34. The number of nitrogens with zero attached hydrogens (tertiary/aromatic N) is 3. The SMILES string of the molecule is CCOC(=O)/C(C)=C1/CC(c2cccc([N+](=O)[O-])c2)N2CCC(=O)N12. The number of carbonyl (C=O) groups excluding carboxylic acids is 2. The lowest BCUT2D eigenvalue weighted by atomic mass is 10.0. The van der Waals surface area contributed by atoms with Crippen LogP contribution < -0.4 is 0 Å². The summed E-state index contributed by atoms with van der Waals surface area (Å²) in [5.41, 5.74) is 1.77. The third kappa shape index (κ3) is 3.00. The molecule has 25 heavy (non-hydrogen) atoms. The normalized spacial score (nSPS) is 22.1. The maximum atomic E-state index is 12.3. The largest absolute Gasteiger partial charge is 0.463 e. The molecule has 0 spiro atoms. The molecular formula is C17H19N3O5. The first-order chi connectivity index (χ1) is 11.9. The van der Waals surface area contributed by atoms with Crippen LogP contribution in [0.3, 0.4) is 0 Å². The number of fused-ring (bicyclic) bond motifs is 1. The van der Waals surface area contributed by atoms with Gasteiger partial charge in [-0.1, -0.05) is 12.1 Å². The molecule has 2 saturated heterocycles. The van der Waals surface area contributed by atoms with E-state index in [1.54, 1.807) is 26.0 Å². The highest BCUT2D eigenvalue weighted by Crippen LogP contribution is 2.43. The topological polar surface area (TPSA) is 93.0 Å². The molecule has 1 amide bonds. The first-order valence-corrected chi connectivity index (χ1v) is 8.14. The van der Waals surface area contributed by atoms with E-state index in [2.05, 4.69) is 0 Å². The van der Waals surface area contributed by atoms with Crippen molar-refractivity contribution in [2.45, 2.75) is 32.7 Å². The molecule has 3 rings (SSSR count). The molecular weight excluding hydrogens is 326 g/mol. The zero-order chi connectivity index (χ0) is 18.1. The number of hydrogen-bond donors (Lipinski definition) is 0. The Labute approximate surface area is 144 Å². The second-order valence-electron chi connectivity index (χ2n) is 5.98. The Morgan fingerprint density at radius 3 is 2.88 bits per heavy atom. The van der Waals surface area contributed by atoms with Crippen LogP contribution in [0.1, 0.15) is 38.3 Å². The molecule has 2 fully saturated rings. The summed E-state index contributed by atoms with van der Waals surface area (Å²) in [5, 5.41) is 14.5. The van der Waals surface area contributed by atoms with Crippen molar-refractivity contribution in [3.8, 4) is 0 Å². The standard InChI is InChI=1S/C17H19N3O5/c1-3-25-17(22)11(2)14-10-15(18-8-7-16(21)19(14)18)12-5-4-6-13(9-12)20(23)24/h4-6,9,15H,3,7-8,10H2,1-2H3/b14-11-. The molecule has 1 unspecified atom stereocenters. The maximum absolute atomic E-state index is 12.3. The Bertz CT molecular complexity index is 773. The quantitative estimate of drug-likeness (QED) is 0.360. The number of esters is 1. The summed E-state index contributed by atoms with van der Waals surface area (Å²) in [4.78, 5) is 35.0. The summed E-state index contributed by atoms with van der Waals surface area (Å²) in [6, 6.07) is 6.18. The average Bonchev–Trinajstić information content (AvgIpc) is 3.15. The van der Waals surface area contributed by atoms with Gasteiger partial charge >= 0.3 is 5.97 Å². The molecule has 2 aliphatic rings. The van der Waals surface area contributed by atoms with Crippen molar-refractivity contribution < 1.29 is 19.2 Å². The fourth-order valence-corrected chi connectivity index (χ4v) is 3.34. The summed E-state index contributed by atoms with van der Waals surface area (Å²) >= 11 is 0. The third-order valence-electron chi connectivity index (χ3n) is 4.53. The van der Waals surface area contributed by atoms with E-state index in [1.165, 1.54) is 17.1 Å². The molecule has 2 aliphatic heterocycles. The van der Waals surface area contributed by atoms with Crippen LogP contribution in [0, 0.1) is 10.1 Å². The van der Waals surface area contributed by atoms with Crippen molar-refractivity contribution in [3.63, 3.8) is 0 Å². The third-order valence-corrected chi connectivity index (χ3v) is 4.53. The van der Waals surface area contributed by atoms with Crippen LogP contribution in [0.2, 0.25) is 0 Å². The van der Waals surface area contributed by atoms with Gasteiger partial charge in [0.2, 0.25) is 5.91 Å². The molecule has 0 bridgehead atoms. The highest BCUT2D eigenvalue weighted by Gasteiger charge is 2.45. The van der Waals surface area contributed by atoms with E-state index in [0.29, 0.717) is 30.7 Å². The van der Waals surface area contributed by atoms with Gasteiger partial charge in [0.25, 0.3) is 5.69 Å². The predicted molar refractivity (Wildman–Crippen MR) is 88.0 cm³/mol. The van der Waals surface area contributed by atoms with Gasteiger partial charge in [0, 0.05) is 31.5 Å². The first kappa shape index (κ1) is 17.1. The van der Waals surface area contributed by atoms with Crippen molar-refractivity contribution in [2.75, 3.05) is 13.2 Å². The summed E-state index contributed by atoms with van der Waals surface area (Å²) in [5.74, 6) is -0.525. The van der Waals surface area contributed by atoms with Crippen LogP contribution in [0.5, 0.6) is 0 Å². The fraction of sp³-hybridized carbons (Fsp3) is 0.412. The first-order valence-electron chi connectivity index (χ1n) is 8.14. The number of amides is 1. The van der Waals surface area contributed by atoms with Gasteiger partial charge in [-0.3, -0.25) is 14.9 Å². The smallest absolute Gasteiger partial charge is 0.335 e. The molecule has 1 aromatic carbocycles. The van der Waals surface area contributed by atoms with Gasteiger partial charge in [0.05, 0.1) is 28.8 Å². The summed E-state index contributed by atoms with van der Waals surface area (Å²) < 4.78 is 5.05. The number of ether oxygens (including phenoxy) is 1. The van der Waals surface area contributed by atoms with Gasteiger partial charge in [-0.25, -0.2) is 14.8 Å². The highest BCUT2D eigenvalue weighted by molar-refractivity contribution is 5.90. The van der Waals surface area contributed by atoms with Gasteiger partial charge < -0.3 is 4.74 Å². The molecule has 132 valence electrons. The van der Waals surface area contributed by atoms with Crippen LogP contribution in [0.4, 0.5) is 5.69 Å². The van der Waals surface area contributed by atoms with Gasteiger partial charge in [-0.2, -0.15) is 0 Å². The van der Waals surface area contributed by atoms with Crippen LogP contribution in [0.25, 0.3) is 0 Å². The number of hydrogen-bond acceptors (Lipinski definition) is 6. The monoisotopic (exact) mass is 345 g/mol. The number of nitro benzene ring substituents is 1.